The first kappa shape index (κ1) is 20.8. The summed E-state index contributed by atoms with van der Waals surface area (Å²) in [6, 6.07) is 7.29. The van der Waals surface area contributed by atoms with Gasteiger partial charge < -0.3 is 19.3 Å². The molecule has 2 saturated carbocycles. The van der Waals surface area contributed by atoms with Crippen molar-refractivity contribution in [2.75, 3.05) is 32.8 Å². The largest absolute Gasteiger partial charge is 0.493 e. The second kappa shape index (κ2) is 8.55. The molecular weight excluding hydrogens is 400 g/mol. The molecule has 0 radical (unpaired) electrons. The molecule has 1 amide bonds. The topological polar surface area (TPSA) is 42.0 Å². The summed E-state index contributed by atoms with van der Waals surface area (Å²) in [5, 5.41) is 0. The molecule has 0 bridgehead atoms. The lowest BCUT2D eigenvalue weighted by Crippen LogP contribution is -2.53. The summed E-state index contributed by atoms with van der Waals surface area (Å²) >= 11 is 0. The first-order valence-corrected chi connectivity index (χ1v) is 13.2. The van der Waals surface area contributed by atoms with Gasteiger partial charge in [0.25, 0.3) is 0 Å². The zero-order valence-corrected chi connectivity index (χ0v) is 19.4. The lowest BCUT2D eigenvalue weighted by atomic mass is 9.81. The molecule has 5 heteroatoms. The molecule has 0 atom stereocenters. The van der Waals surface area contributed by atoms with Crippen LogP contribution < -0.4 is 9.47 Å². The monoisotopic (exact) mass is 438 g/mol. The van der Waals surface area contributed by atoms with Gasteiger partial charge in [-0.1, -0.05) is 6.42 Å². The highest BCUT2D eigenvalue weighted by molar-refractivity contribution is 5.81. The highest BCUT2D eigenvalue weighted by atomic mass is 16.5. The van der Waals surface area contributed by atoms with E-state index in [2.05, 4.69) is 28.0 Å². The number of hydrogen-bond donors (Lipinski definition) is 0. The SMILES string of the molecule is O=C(C1CC1)N1CCC(COc2ccc3c(c2)CCC2(CCN(C4CCC4)CC2)O3)CC1. The second-order valence-electron chi connectivity index (χ2n) is 11.0. The van der Waals surface area contributed by atoms with Gasteiger partial charge in [0, 0.05) is 38.1 Å². The fourth-order valence-electron chi connectivity index (χ4n) is 6.11. The number of carbonyl (C=O) groups is 1. The fraction of sp³-hybridized carbons (Fsp3) is 0.741. The van der Waals surface area contributed by atoms with E-state index in [0.29, 0.717) is 17.7 Å². The molecule has 0 unspecified atom stereocenters. The van der Waals surface area contributed by atoms with Crippen LogP contribution in [0.1, 0.15) is 69.8 Å². The first-order valence-electron chi connectivity index (χ1n) is 13.2. The zero-order chi connectivity index (χ0) is 21.5. The van der Waals surface area contributed by atoms with Crippen LogP contribution in [0.4, 0.5) is 0 Å². The van der Waals surface area contributed by atoms with Crippen molar-refractivity contribution in [3.05, 3.63) is 23.8 Å². The molecule has 1 aromatic rings. The molecule has 4 fully saturated rings. The standard InChI is InChI=1S/C27H38N2O3/c30-26(21-4-5-21)29-14-9-20(10-15-29)19-31-24-6-7-25-22(18-24)8-11-27(32-25)12-16-28(17-13-27)23-2-1-3-23/h6-7,18,20-21,23H,1-5,8-17,19H2. The summed E-state index contributed by atoms with van der Waals surface area (Å²) in [4.78, 5) is 17.0. The Labute approximate surface area is 192 Å². The molecule has 174 valence electrons. The van der Waals surface area contributed by atoms with E-state index < -0.39 is 0 Å². The number of rotatable bonds is 5. The lowest BCUT2D eigenvalue weighted by molar-refractivity contribution is -0.134. The van der Waals surface area contributed by atoms with E-state index in [0.717, 1.165) is 75.8 Å². The van der Waals surface area contributed by atoms with Gasteiger partial charge in [0.15, 0.2) is 0 Å². The number of likely N-dealkylation sites (tertiary alicyclic amines) is 2. The summed E-state index contributed by atoms with van der Waals surface area (Å²) in [5.74, 6) is 3.34. The van der Waals surface area contributed by atoms with Gasteiger partial charge in [0.1, 0.15) is 17.1 Å². The Kier molecular flexibility index (Phi) is 5.57. The Morgan fingerprint density at radius 2 is 1.78 bits per heavy atom. The van der Waals surface area contributed by atoms with Gasteiger partial charge in [0.2, 0.25) is 5.91 Å². The van der Waals surface area contributed by atoms with Crippen LogP contribution in [0.3, 0.4) is 0 Å². The fourth-order valence-corrected chi connectivity index (χ4v) is 6.11. The predicted octanol–water partition coefficient (Wildman–Crippen LogP) is 4.43. The van der Waals surface area contributed by atoms with Crippen molar-refractivity contribution in [2.24, 2.45) is 11.8 Å². The average molecular weight is 439 g/mol. The molecule has 5 nitrogen and oxygen atoms in total. The third-order valence-corrected chi connectivity index (χ3v) is 8.85. The molecular formula is C27H38N2O3. The van der Waals surface area contributed by atoms with E-state index in [-0.39, 0.29) is 5.60 Å². The maximum absolute atomic E-state index is 12.2. The Hall–Kier alpha value is -1.75. The van der Waals surface area contributed by atoms with Gasteiger partial charge >= 0.3 is 0 Å². The summed E-state index contributed by atoms with van der Waals surface area (Å²) in [6.07, 6.45) is 13.1. The molecule has 1 aromatic carbocycles. The molecule has 2 saturated heterocycles. The van der Waals surface area contributed by atoms with Gasteiger partial charge in [0.05, 0.1) is 6.61 Å². The number of hydrogen-bond acceptors (Lipinski definition) is 4. The Bertz CT molecular complexity index is 831. The molecule has 3 heterocycles. The average Bonchev–Trinajstić information content (AvgIpc) is 3.64. The summed E-state index contributed by atoms with van der Waals surface area (Å²) in [5.41, 5.74) is 1.36. The van der Waals surface area contributed by atoms with Crippen LogP contribution in [-0.2, 0) is 11.2 Å². The van der Waals surface area contributed by atoms with Gasteiger partial charge in [-0.15, -0.1) is 0 Å². The van der Waals surface area contributed by atoms with Crippen LogP contribution in [-0.4, -0.2) is 60.1 Å². The number of piperidine rings is 2. The summed E-state index contributed by atoms with van der Waals surface area (Å²) in [6.45, 7) is 4.97. The van der Waals surface area contributed by atoms with Crippen LogP contribution in [0.15, 0.2) is 18.2 Å². The van der Waals surface area contributed by atoms with Crippen molar-refractivity contribution in [3.63, 3.8) is 0 Å². The highest BCUT2D eigenvalue weighted by Crippen LogP contribution is 2.42. The van der Waals surface area contributed by atoms with E-state index in [1.807, 2.05) is 0 Å². The Balaban J connectivity index is 0.991. The van der Waals surface area contributed by atoms with Gasteiger partial charge in [-0.3, -0.25) is 4.79 Å². The molecule has 1 spiro atoms. The number of amides is 1. The van der Waals surface area contributed by atoms with Crippen LogP contribution in [0, 0.1) is 11.8 Å². The molecule has 32 heavy (non-hydrogen) atoms. The molecule has 5 aliphatic rings. The minimum absolute atomic E-state index is 0.0570. The highest BCUT2D eigenvalue weighted by Gasteiger charge is 2.41. The normalized spacial score (nSPS) is 26.3. The lowest BCUT2D eigenvalue weighted by Gasteiger charge is -2.48. The van der Waals surface area contributed by atoms with E-state index in [9.17, 15) is 4.79 Å². The molecule has 3 aliphatic heterocycles. The number of aryl methyl sites for hydroxylation is 1. The quantitative estimate of drug-likeness (QED) is 0.682. The maximum Gasteiger partial charge on any atom is 0.225 e. The van der Waals surface area contributed by atoms with E-state index in [1.165, 1.54) is 50.8 Å². The van der Waals surface area contributed by atoms with Crippen molar-refractivity contribution in [1.29, 1.82) is 0 Å². The van der Waals surface area contributed by atoms with E-state index in [4.69, 9.17) is 9.47 Å². The minimum atomic E-state index is 0.0570. The first-order chi connectivity index (χ1) is 15.7. The number of carbonyl (C=O) groups excluding carboxylic acids is 1. The van der Waals surface area contributed by atoms with Crippen molar-refractivity contribution in [3.8, 4) is 11.5 Å². The second-order valence-corrected chi connectivity index (χ2v) is 11.0. The van der Waals surface area contributed by atoms with E-state index >= 15 is 0 Å². The molecule has 0 N–H and O–H groups in total. The van der Waals surface area contributed by atoms with Crippen LogP contribution >= 0.6 is 0 Å². The van der Waals surface area contributed by atoms with Crippen LogP contribution in [0.2, 0.25) is 0 Å². The van der Waals surface area contributed by atoms with Crippen LogP contribution in [0.25, 0.3) is 0 Å². The van der Waals surface area contributed by atoms with Gasteiger partial charge in [-0.05, 0) is 93.9 Å². The zero-order valence-electron chi connectivity index (χ0n) is 19.4. The number of benzene rings is 1. The van der Waals surface area contributed by atoms with Crippen molar-refractivity contribution >= 4 is 5.91 Å². The third-order valence-electron chi connectivity index (χ3n) is 8.85. The van der Waals surface area contributed by atoms with Crippen molar-refractivity contribution < 1.29 is 14.3 Å². The van der Waals surface area contributed by atoms with Crippen molar-refractivity contribution in [1.82, 2.24) is 9.80 Å². The molecule has 0 aromatic heterocycles. The smallest absolute Gasteiger partial charge is 0.225 e. The van der Waals surface area contributed by atoms with Crippen molar-refractivity contribution in [2.45, 2.75) is 82.3 Å². The van der Waals surface area contributed by atoms with Crippen LogP contribution in [0.5, 0.6) is 11.5 Å². The van der Waals surface area contributed by atoms with Gasteiger partial charge in [-0.2, -0.15) is 0 Å². The Morgan fingerprint density at radius 1 is 1.00 bits per heavy atom. The number of nitrogens with zero attached hydrogens (tertiary/aromatic N) is 2. The van der Waals surface area contributed by atoms with Gasteiger partial charge in [-0.25, -0.2) is 0 Å². The number of ether oxygens (including phenoxy) is 2. The summed E-state index contributed by atoms with van der Waals surface area (Å²) < 4.78 is 12.8. The molecule has 6 rings (SSSR count). The Morgan fingerprint density at radius 3 is 2.47 bits per heavy atom. The van der Waals surface area contributed by atoms with E-state index in [1.54, 1.807) is 0 Å². The predicted molar refractivity (Wildman–Crippen MR) is 124 cm³/mol. The minimum Gasteiger partial charge on any atom is -0.493 e. The number of fused-ring (bicyclic) bond motifs is 1. The molecule has 2 aliphatic carbocycles. The third kappa shape index (κ3) is 4.25. The summed E-state index contributed by atoms with van der Waals surface area (Å²) in [7, 11) is 0. The maximum atomic E-state index is 12.2.